The number of unbranched alkanes of at least 4 members (excludes halogenated alkanes) is 1. The van der Waals surface area contributed by atoms with Crippen LogP contribution in [0.4, 0.5) is 0 Å². The first-order valence-electron chi connectivity index (χ1n) is 4.60. The molecule has 0 aliphatic rings. The van der Waals surface area contributed by atoms with E-state index in [1.807, 2.05) is 19.2 Å². The van der Waals surface area contributed by atoms with E-state index >= 15 is 0 Å². The summed E-state index contributed by atoms with van der Waals surface area (Å²) >= 11 is 0. The number of nitrogens with zero attached hydrogens (tertiary/aromatic N) is 1. The molecule has 0 fully saturated rings. The van der Waals surface area contributed by atoms with Crippen LogP contribution in [0.3, 0.4) is 0 Å². The van der Waals surface area contributed by atoms with Crippen LogP contribution >= 0.6 is 0 Å². The van der Waals surface area contributed by atoms with Crippen LogP contribution in [-0.2, 0) is 0 Å². The standard InChI is InChI=1S/C7H9N.C4H10/c1-6-4-3-5-8-7(6)2;1-3-4-2/h3-5H,1-2H3;3-4H2,1-2H3. The van der Waals surface area contributed by atoms with Gasteiger partial charge in [0.25, 0.3) is 0 Å². The van der Waals surface area contributed by atoms with Crippen molar-refractivity contribution >= 4 is 0 Å². The number of hydrogen-bond acceptors (Lipinski definition) is 1. The molecule has 1 heterocycles. The van der Waals surface area contributed by atoms with Crippen molar-refractivity contribution in [2.75, 3.05) is 0 Å². The van der Waals surface area contributed by atoms with Gasteiger partial charge in [-0.1, -0.05) is 32.8 Å². The number of pyridine rings is 1. The van der Waals surface area contributed by atoms with Gasteiger partial charge >= 0.3 is 0 Å². The Bertz CT molecular complexity index is 183. The Morgan fingerprint density at radius 3 is 2.00 bits per heavy atom. The van der Waals surface area contributed by atoms with Crippen molar-refractivity contribution in [2.24, 2.45) is 0 Å². The molecular formula is C11H19N. The summed E-state index contributed by atoms with van der Waals surface area (Å²) in [6, 6.07) is 4.00. The molecule has 68 valence electrons. The lowest BCUT2D eigenvalue weighted by atomic mass is 10.2. The number of aromatic nitrogens is 1. The second-order valence-electron chi connectivity index (χ2n) is 2.91. The molecule has 1 rings (SSSR count). The van der Waals surface area contributed by atoms with Gasteiger partial charge in [-0.2, -0.15) is 0 Å². The van der Waals surface area contributed by atoms with Crippen LogP contribution in [0.1, 0.15) is 37.9 Å². The topological polar surface area (TPSA) is 12.9 Å². The molecule has 0 aliphatic carbocycles. The zero-order valence-corrected chi connectivity index (χ0v) is 8.59. The van der Waals surface area contributed by atoms with Gasteiger partial charge in [0.2, 0.25) is 0 Å². The molecule has 0 saturated carbocycles. The van der Waals surface area contributed by atoms with Gasteiger partial charge in [0.1, 0.15) is 0 Å². The summed E-state index contributed by atoms with van der Waals surface area (Å²) in [6.07, 6.45) is 4.45. The van der Waals surface area contributed by atoms with Gasteiger partial charge in [-0.05, 0) is 25.5 Å². The fourth-order valence-electron chi connectivity index (χ4n) is 0.565. The van der Waals surface area contributed by atoms with Crippen molar-refractivity contribution in [3.8, 4) is 0 Å². The number of aryl methyl sites for hydroxylation is 2. The smallest absolute Gasteiger partial charge is 0.0401 e. The van der Waals surface area contributed by atoms with Gasteiger partial charge in [-0.3, -0.25) is 4.98 Å². The van der Waals surface area contributed by atoms with Gasteiger partial charge < -0.3 is 0 Å². The predicted octanol–water partition coefficient (Wildman–Crippen LogP) is 3.50. The van der Waals surface area contributed by atoms with E-state index in [1.165, 1.54) is 18.4 Å². The second-order valence-corrected chi connectivity index (χ2v) is 2.91. The van der Waals surface area contributed by atoms with E-state index in [2.05, 4.69) is 31.8 Å². The highest BCUT2D eigenvalue weighted by Crippen LogP contribution is 1.98. The van der Waals surface area contributed by atoms with Gasteiger partial charge in [-0.25, -0.2) is 0 Å². The van der Waals surface area contributed by atoms with Gasteiger partial charge in [0, 0.05) is 11.9 Å². The molecule has 12 heavy (non-hydrogen) atoms. The molecular weight excluding hydrogens is 146 g/mol. The molecule has 0 aliphatic heterocycles. The fourth-order valence-corrected chi connectivity index (χ4v) is 0.565. The van der Waals surface area contributed by atoms with Crippen molar-refractivity contribution in [3.63, 3.8) is 0 Å². The first kappa shape index (κ1) is 11.2. The molecule has 0 aromatic carbocycles. The highest BCUT2D eigenvalue weighted by atomic mass is 14.6. The van der Waals surface area contributed by atoms with Crippen LogP contribution in [0.2, 0.25) is 0 Å². The third kappa shape index (κ3) is 4.89. The van der Waals surface area contributed by atoms with E-state index in [4.69, 9.17) is 0 Å². The normalized spacial score (nSPS) is 8.67. The van der Waals surface area contributed by atoms with E-state index in [0.29, 0.717) is 0 Å². The molecule has 0 atom stereocenters. The van der Waals surface area contributed by atoms with Crippen molar-refractivity contribution in [1.82, 2.24) is 4.98 Å². The highest BCUT2D eigenvalue weighted by Gasteiger charge is 1.85. The largest absolute Gasteiger partial charge is 0.261 e. The lowest BCUT2D eigenvalue weighted by molar-refractivity contribution is 0.886. The van der Waals surface area contributed by atoms with Gasteiger partial charge in [-0.15, -0.1) is 0 Å². The van der Waals surface area contributed by atoms with Crippen molar-refractivity contribution < 1.29 is 0 Å². The SMILES string of the molecule is CCCC.Cc1cccnc1C. The average molecular weight is 165 g/mol. The maximum atomic E-state index is 4.08. The Kier molecular flexibility index (Phi) is 6.35. The van der Waals surface area contributed by atoms with Crippen LogP contribution in [0.15, 0.2) is 18.3 Å². The van der Waals surface area contributed by atoms with Crippen LogP contribution in [0.25, 0.3) is 0 Å². The Morgan fingerprint density at radius 1 is 1.17 bits per heavy atom. The van der Waals surface area contributed by atoms with Crippen molar-refractivity contribution in [1.29, 1.82) is 0 Å². The summed E-state index contributed by atoms with van der Waals surface area (Å²) in [5.41, 5.74) is 2.38. The molecule has 1 aromatic rings. The van der Waals surface area contributed by atoms with Crippen LogP contribution in [0.5, 0.6) is 0 Å². The Hall–Kier alpha value is -0.850. The van der Waals surface area contributed by atoms with Gasteiger partial charge in [0.15, 0.2) is 0 Å². The molecule has 1 heteroatoms. The minimum Gasteiger partial charge on any atom is -0.261 e. The first-order chi connectivity index (χ1) is 5.72. The fraction of sp³-hybridized carbons (Fsp3) is 0.545. The minimum absolute atomic E-state index is 1.12. The van der Waals surface area contributed by atoms with Crippen molar-refractivity contribution in [2.45, 2.75) is 40.5 Å². The average Bonchev–Trinajstić information content (AvgIpc) is 2.11. The monoisotopic (exact) mass is 165 g/mol. The maximum absolute atomic E-state index is 4.08. The zero-order valence-electron chi connectivity index (χ0n) is 8.59. The Morgan fingerprint density at radius 2 is 1.75 bits per heavy atom. The van der Waals surface area contributed by atoms with Gasteiger partial charge in [0.05, 0.1) is 0 Å². The molecule has 0 unspecified atom stereocenters. The quantitative estimate of drug-likeness (QED) is 0.620. The third-order valence-corrected chi connectivity index (χ3v) is 1.77. The first-order valence-corrected chi connectivity index (χ1v) is 4.60. The summed E-state index contributed by atoms with van der Waals surface area (Å²) < 4.78 is 0. The second kappa shape index (κ2) is 6.84. The zero-order chi connectivity index (χ0) is 9.40. The Balaban J connectivity index is 0.000000261. The maximum Gasteiger partial charge on any atom is 0.0401 e. The minimum atomic E-state index is 1.12. The third-order valence-electron chi connectivity index (χ3n) is 1.77. The summed E-state index contributed by atoms with van der Waals surface area (Å²) in [5.74, 6) is 0. The predicted molar refractivity (Wildman–Crippen MR) is 54.3 cm³/mol. The van der Waals surface area contributed by atoms with E-state index in [1.54, 1.807) is 0 Å². The summed E-state index contributed by atoms with van der Waals surface area (Å²) in [4.78, 5) is 4.08. The van der Waals surface area contributed by atoms with Crippen LogP contribution in [0, 0.1) is 13.8 Å². The van der Waals surface area contributed by atoms with E-state index in [0.717, 1.165) is 5.69 Å². The summed E-state index contributed by atoms with van der Waals surface area (Å²) in [7, 11) is 0. The molecule has 1 nitrogen and oxygen atoms in total. The Labute approximate surface area is 75.8 Å². The molecule has 0 saturated heterocycles. The summed E-state index contributed by atoms with van der Waals surface area (Å²) in [6.45, 7) is 8.43. The van der Waals surface area contributed by atoms with Crippen LogP contribution < -0.4 is 0 Å². The lowest BCUT2D eigenvalue weighted by Gasteiger charge is -1.92. The lowest BCUT2D eigenvalue weighted by Crippen LogP contribution is -1.81. The molecule has 0 N–H and O–H groups in total. The molecule has 0 spiro atoms. The van der Waals surface area contributed by atoms with E-state index in [-0.39, 0.29) is 0 Å². The molecule has 0 radical (unpaired) electrons. The molecule has 1 aromatic heterocycles. The van der Waals surface area contributed by atoms with Crippen LogP contribution in [-0.4, -0.2) is 4.98 Å². The number of rotatable bonds is 1. The molecule has 0 amide bonds. The highest BCUT2D eigenvalue weighted by molar-refractivity contribution is 5.15. The van der Waals surface area contributed by atoms with E-state index < -0.39 is 0 Å². The molecule has 0 bridgehead atoms. The number of hydrogen-bond donors (Lipinski definition) is 0. The summed E-state index contributed by atoms with van der Waals surface area (Å²) in [5, 5.41) is 0. The van der Waals surface area contributed by atoms with Crippen molar-refractivity contribution in [3.05, 3.63) is 29.6 Å². The van der Waals surface area contributed by atoms with E-state index in [9.17, 15) is 0 Å².